The van der Waals surface area contributed by atoms with E-state index in [1.807, 2.05) is 41.0 Å². The lowest BCUT2D eigenvalue weighted by Crippen LogP contribution is -2.50. The van der Waals surface area contributed by atoms with E-state index in [-0.39, 0.29) is 18.4 Å². The Kier molecular flexibility index (Phi) is 7.41. The van der Waals surface area contributed by atoms with E-state index in [2.05, 4.69) is 12.2 Å². The molecule has 0 aromatic heterocycles. The molecule has 2 aromatic carbocycles. The highest BCUT2D eigenvalue weighted by Crippen LogP contribution is 2.18. The maximum atomic E-state index is 12.7. The number of nitrogens with one attached hydrogen (secondary N) is 1. The van der Waals surface area contributed by atoms with E-state index in [9.17, 15) is 14.4 Å². The van der Waals surface area contributed by atoms with Crippen LogP contribution in [0.4, 0.5) is 5.69 Å². The van der Waals surface area contributed by atoms with E-state index in [1.165, 1.54) is 12.7 Å². The Labute approximate surface area is 183 Å². The Bertz CT molecular complexity index is 948. The highest BCUT2D eigenvalue weighted by Gasteiger charge is 2.23. The first-order valence-electron chi connectivity index (χ1n) is 10.5. The number of hydrogen-bond acceptors (Lipinski definition) is 5. The maximum absolute atomic E-state index is 12.7. The zero-order valence-corrected chi connectivity index (χ0v) is 18.3. The molecule has 0 unspecified atom stereocenters. The summed E-state index contributed by atoms with van der Waals surface area (Å²) in [6.07, 6.45) is 0.946. The van der Waals surface area contributed by atoms with Gasteiger partial charge in [-0.3, -0.25) is 14.5 Å². The summed E-state index contributed by atoms with van der Waals surface area (Å²) in [5.74, 6) is -0.567. The van der Waals surface area contributed by atoms with Crippen LogP contribution in [0.1, 0.15) is 38.8 Å². The van der Waals surface area contributed by atoms with Gasteiger partial charge in [0, 0.05) is 37.4 Å². The van der Waals surface area contributed by atoms with Crippen LogP contribution in [0.3, 0.4) is 0 Å². The van der Waals surface area contributed by atoms with Gasteiger partial charge >= 0.3 is 5.97 Å². The van der Waals surface area contributed by atoms with Crippen LogP contribution in [-0.4, -0.2) is 67.4 Å². The minimum Gasteiger partial charge on any atom is -0.465 e. The Morgan fingerprint density at radius 2 is 1.61 bits per heavy atom. The Hall–Kier alpha value is -3.19. The lowest BCUT2D eigenvalue weighted by Gasteiger charge is -2.34. The number of esters is 1. The first-order chi connectivity index (χ1) is 14.9. The molecule has 0 aliphatic carbocycles. The fraction of sp³-hybridized carbons (Fsp3) is 0.375. The number of hydrogen-bond donors (Lipinski definition) is 1. The number of methoxy groups -OCH3 is 1. The van der Waals surface area contributed by atoms with Gasteiger partial charge in [-0.25, -0.2) is 4.79 Å². The first-order valence-corrected chi connectivity index (χ1v) is 10.5. The standard InChI is InChI=1S/C24H29N3O4/c1-4-18-6-9-19(10-7-18)23(29)27-13-11-26(12-14-27)16-22(28)25-21-15-20(24(30)31-3)8-5-17(21)2/h5-10,15H,4,11-14,16H2,1-3H3,(H,25,28). The van der Waals surface area contributed by atoms with Crippen molar-refractivity contribution in [2.45, 2.75) is 20.3 Å². The molecule has 1 heterocycles. The number of nitrogens with zero attached hydrogens (tertiary/aromatic N) is 2. The third kappa shape index (κ3) is 5.70. The molecule has 1 N–H and O–H groups in total. The molecule has 0 radical (unpaired) electrons. The van der Waals surface area contributed by atoms with Crippen molar-refractivity contribution in [2.75, 3.05) is 45.2 Å². The number of aryl methyl sites for hydroxylation is 2. The molecule has 0 saturated carbocycles. The van der Waals surface area contributed by atoms with Gasteiger partial charge in [-0.1, -0.05) is 25.1 Å². The minimum absolute atomic E-state index is 0.0296. The third-order valence-corrected chi connectivity index (χ3v) is 5.57. The van der Waals surface area contributed by atoms with E-state index in [0.29, 0.717) is 43.0 Å². The summed E-state index contributed by atoms with van der Waals surface area (Å²) in [6, 6.07) is 12.8. The fourth-order valence-corrected chi connectivity index (χ4v) is 3.57. The van der Waals surface area contributed by atoms with Gasteiger partial charge in [0.2, 0.25) is 5.91 Å². The lowest BCUT2D eigenvalue weighted by atomic mass is 10.1. The second kappa shape index (κ2) is 10.2. The average molecular weight is 424 g/mol. The number of benzene rings is 2. The van der Waals surface area contributed by atoms with Crippen LogP contribution in [-0.2, 0) is 16.0 Å². The second-order valence-corrected chi connectivity index (χ2v) is 7.69. The van der Waals surface area contributed by atoms with Crippen molar-refractivity contribution in [1.82, 2.24) is 9.80 Å². The average Bonchev–Trinajstić information content (AvgIpc) is 2.80. The van der Waals surface area contributed by atoms with Crippen molar-refractivity contribution in [2.24, 2.45) is 0 Å². The molecule has 0 bridgehead atoms. The summed E-state index contributed by atoms with van der Waals surface area (Å²) in [6.45, 7) is 6.62. The van der Waals surface area contributed by atoms with E-state index >= 15 is 0 Å². The number of carbonyl (C=O) groups excluding carboxylic acids is 3. The van der Waals surface area contributed by atoms with Gasteiger partial charge in [0.15, 0.2) is 0 Å². The fourth-order valence-electron chi connectivity index (χ4n) is 3.57. The molecule has 2 amide bonds. The number of ether oxygens (including phenoxy) is 1. The van der Waals surface area contributed by atoms with E-state index < -0.39 is 5.97 Å². The minimum atomic E-state index is -0.444. The molecule has 31 heavy (non-hydrogen) atoms. The maximum Gasteiger partial charge on any atom is 0.337 e. The van der Waals surface area contributed by atoms with Crippen LogP contribution in [0.5, 0.6) is 0 Å². The van der Waals surface area contributed by atoms with Crippen molar-refractivity contribution in [3.05, 3.63) is 64.7 Å². The van der Waals surface area contributed by atoms with E-state index in [0.717, 1.165) is 12.0 Å². The van der Waals surface area contributed by atoms with Gasteiger partial charge < -0.3 is 15.0 Å². The molecule has 1 saturated heterocycles. The topological polar surface area (TPSA) is 79.0 Å². The van der Waals surface area contributed by atoms with Gasteiger partial charge in [0.25, 0.3) is 5.91 Å². The Morgan fingerprint density at radius 1 is 0.968 bits per heavy atom. The van der Waals surface area contributed by atoms with Crippen LogP contribution in [0, 0.1) is 6.92 Å². The summed E-state index contributed by atoms with van der Waals surface area (Å²) >= 11 is 0. The molecule has 1 fully saturated rings. The van der Waals surface area contributed by atoms with Crippen LogP contribution in [0.25, 0.3) is 0 Å². The quantitative estimate of drug-likeness (QED) is 0.723. The molecule has 7 nitrogen and oxygen atoms in total. The van der Waals surface area contributed by atoms with Gasteiger partial charge in [0.05, 0.1) is 19.2 Å². The predicted molar refractivity (Wildman–Crippen MR) is 119 cm³/mol. The molecule has 0 spiro atoms. The molecular formula is C24H29N3O4. The van der Waals surface area contributed by atoms with Crippen LogP contribution in [0.2, 0.25) is 0 Å². The normalized spacial score (nSPS) is 14.2. The molecule has 7 heteroatoms. The van der Waals surface area contributed by atoms with Crippen molar-refractivity contribution in [3.8, 4) is 0 Å². The Morgan fingerprint density at radius 3 is 2.23 bits per heavy atom. The number of carbonyl (C=O) groups is 3. The highest BCUT2D eigenvalue weighted by atomic mass is 16.5. The second-order valence-electron chi connectivity index (χ2n) is 7.69. The highest BCUT2D eigenvalue weighted by molar-refractivity contribution is 5.96. The molecule has 1 aliphatic heterocycles. The number of piperazine rings is 1. The lowest BCUT2D eigenvalue weighted by molar-refractivity contribution is -0.117. The van der Waals surface area contributed by atoms with Crippen LogP contribution < -0.4 is 5.32 Å². The van der Waals surface area contributed by atoms with Gasteiger partial charge in [-0.15, -0.1) is 0 Å². The summed E-state index contributed by atoms with van der Waals surface area (Å²) in [5.41, 5.74) is 3.76. The monoisotopic (exact) mass is 423 g/mol. The zero-order chi connectivity index (χ0) is 22.4. The van der Waals surface area contributed by atoms with Crippen molar-refractivity contribution in [3.63, 3.8) is 0 Å². The number of amides is 2. The van der Waals surface area contributed by atoms with Crippen molar-refractivity contribution in [1.29, 1.82) is 0 Å². The van der Waals surface area contributed by atoms with Gasteiger partial charge in [-0.05, 0) is 48.7 Å². The SMILES string of the molecule is CCc1ccc(C(=O)N2CCN(CC(=O)Nc3cc(C(=O)OC)ccc3C)CC2)cc1. The smallest absolute Gasteiger partial charge is 0.337 e. The molecule has 0 atom stereocenters. The zero-order valence-electron chi connectivity index (χ0n) is 18.3. The van der Waals surface area contributed by atoms with E-state index in [1.54, 1.807) is 18.2 Å². The summed E-state index contributed by atoms with van der Waals surface area (Å²) in [5, 5.41) is 2.88. The number of rotatable bonds is 6. The van der Waals surface area contributed by atoms with Crippen LogP contribution >= 0.6 is 0 Å². The van der Waals surface area contributed by atoms with Gasteiger partial charge in [-0.2, -0.15) is 0 Å². The molecule has 3 rings (SSSR count). The third-order valence-electron chi connectivity index (χ3n) is 5.57. The van der Waals surface area contributed by atoms with Crippen molar-refractivity contribution < 1.29 is 19.1 Å². The largest absolute Gasteiger partial charge is 0.465 e. The summed E-state index contributed by atoms with van der Waals surface area (Å²) < 4.78 is 4.74. The van der Waals surface area contributed by atoms with Gasteiger partial charge in [0.1, 0.15) is 0 Å². The predicted octanol–water partition coefficient (Wildman–Crippen LogP) is 2.74. The summed E-state index contributed by atoms with van der Waals surface area (Å²) in [4.78, 5) is 40.8. The number of anilines is 1. The Balaban J connectivity index is 1.52. The molecular weight excluding hydrogens is 394 g/mol. The van der Waals surface area contributed by atoms with Crippen LogP contribution in [0.15, 0.2) is 42.5 Å². The summed E-state index contributed by atoms with van der Waals surface area (Å²) in [7, 11) is 1.32. The molecule has 2 aromatic rings. The molecule has 164 valence electrons. The molecule has 1 aliphatic rings. The first kappa shape index (κ1) is 22.5. The van der Waals surface area contributed by atoms with Crippen molar-refractivity contribution >= 4 is 23.5 Å². The van der Waals surface area contributed by atoms with E-state index in [4.69, 9.17) is 4.74 Å².